The van der Waals surface area contributed by atoms with Gasteiger partial charge in [0.25, 0.3) is 5.91 Å². The second-order valence-electron chi connectivity index (χ2n) is 8.32. The zero-order chi connectivity index (χ0) is 23.4. The maximum absolute atomic E-state index is 13.2. The molecule has 1 aliphatic heterocycles. The highest BCUT2D eigenvalue weighted by atomic mass is 35.5. The average molecular weight is 466 g/mol. The highest BCUT2D eigenvalue weighted by Crippen LogP contribution is 2.25. The summed E-state index contributed by atoms with van der Waals surface area (Å²) in [5, 5.41) is 3.37. The number of carbonyl (C=O) groups excluding carboxylic acids is 2. The van der Waals surface area contributed by atoms with E-state index < -0.39 is 5.82 Å². The first-order chi connectivity index (χ1) is 15.9. The maximum atomic E-state index is 13.2. The predicted molar refractivity (Wildman–Crippen MR) is 129 cm³/mol. The molecule has 7 heteroatoms. The fourth-order valence-corrected chi connectivity index (χ4v) is 4.35. The molecule has 0 bridgehead atoms. The topological polar surface area (TPSA) is 75.4 Å². The summed E-state index contributed by atoms with van der Waals surface area (Å²) in [5.41, 5.74) is 8.75. The van der Waals surface area contributed by atoms with E-state index in [9.17, 15) is 14.0 Å². The van der Waals surface area contributed by atoms with Crippen LogP contribution < -0.4 is 11.1 Å². The molecule has 1 aliphatic rings. The van der Waals surface area contributed by atoms with Crippen molar-refractivity contribution in [3.05, 3.63) is 94.3 Å². The molecule has 1 atom stereocenters. The molecule has 33 heavy (non-hydrogen) atoms. The van der Waals surface area contributed by atoms with Crippen molar-refractivity contribution in [1.29, 1.82) is 0 Å². The summed E-state index contributed by atoms with van der Waals surface area (Å²) < 4.78 is 13.2. The van der Waals surface area contributed by atoms with Crippen LogP contribution in [0.4, 0.5) is 15.8 Å². The molecule has 3 N–H and O–H groups in total. The summed E-state index contributed by atoms with van der Waals surface area (Å²) in [5.74, 6) is -0.703. The standard InChI is InChI=1S/C26H25ClFN3O2/c27-21-5-1-3-18(14-21)13-20-4-2-12-31(26(20)33)16-17-6-8-19(9-7-17)25(32)30-24-11-10-22(28)15-23(24)29/h1,3,5-11,14-15,20H,2,4,12-13,16,29H2,(H,30,32). The number of halogens is 2. The number of rotatable bonds is 6. The Bertz CT molecular complexity index is 1170. The number of nitrogens with zero attached hydrogens (tertiary/aromatic N) is 1. The van der Waals surface area contributed by atoms with Crippen LogP contribution in [-0.2, 0) is 17.8 Å². The number of hydrogen-bond donors (Lipinski definition) is 2. The first-order valence-corrected chi connectivity index (χ1v) is 11.3. The molecule has 0 aliphatic carbocycles. The van der Waals surface area contributed by atoms with Crippen molar-refractivity contribution in [2.24, 2.45) is 5.92 Å². The summed E-state index contributed by atoms with van der Waals surface area (Å²) in [6.45, 7) is 1.22. The van der Waals surface area contributed by atoms with Gasteiger partial charge >= 0.3 is 0 Å². The van der Waals surface area contributed by atoms with Gasteiger partial charge in [-0.1, -0.05) is 35.9 Å². The van der Waals surface area contributed by atoms with E-state index in [1.165, 1.54) is 12.1 Å². The molecule has 170 valence electrons. The van der Waals surface area contributed by atoms with Crippen LogP contribution in [-0.4, -0.2) is 23.3 Å². The third-order valence-corrected chi connectivity index (χ3v) is 6.10. The minimum atomic E-state index is -0.461. The maximum Gasteiger partial charge on any atom is 0.255 e. The van der Waals surface area contributed by atoms with Gasteiger partial charge in [-0.3, -0.25) is 9.59 Å². The molecule has 5 nitrogen and oxygen atoms in total. The van der Waals surface area contributed by atoms with E-state index in [0.717, 1.165) is 36.6 Å². The Kier molecular flexibility index (Phi) is 6.94. The SMILES string of the molecule is Nc1cc(F)ccc1NC(=O)c1ccc(CN2CCCC(Cc3cccc(Cl)c3)C2=O)cc1. The minimum Gasteiger partial charge on any atom is -0.397 e. The molecule has 0 saturated carbocycles. The third kappa shape index (κ3) is 5.71. The van der Waals surface area contributed by atoms with Gasteiger partial charge in [-0.2, -0.15) is 0 Å². The van der Waals surface area contributed by atoms with Gasteiger partial charge in [-0.15, -0.1) is 0 Å². The van der Waals surface area contributed by atoms with Gasteiger partial charge in [0, 0.05) is 29.6 Å². The van der Waals surface area contributed by atoms with Gasteiger partial charge in [-0.25, -0.2) is 4.39 Å². The largest absolute Gasteiger partial charge is 0.397 e. The summed E-state index contributed by atoms with van der Waals surface area (Å²) in [4.78, 5) is 27.4. The molecule has 0 aromatic heterocycles. The second kappa shape index (κ2) is 10.0. The molecule has 4 rings (SSSR count). The molecular weight excluding hydrogens is 441 g/mol. The quantitative estimate of drug-likeness (QED) is 0.485. The first kappa shape index (κ1) is 22.8. The van der Waals surface area contributed by atoms with Crippen LogP contribution in [0.2, 0.25) is 5.02 Å². The molecule has 1 fully saturated rings. The van der Waals surface area contributed by atoms with Gasteiger partial charge in [0.1, 0.15) is 5.82 Å². The van der Waals surface area contributed by atoms with E-state index in [4.69, 9.17) is 17.3 Å². The van der Waals surface area contributed by atoms with Crippen molar-refractivity contribution < 1.29 is 14.0 Å². The number of nitrogen functional groups attached to an aromatic ring is 1. The molecule has 0 radical (unpaired) electrons. The van der Waals surface area contributed by atoms with Crippen molar-refractivity contribution in [2.45, 2.75) is 25.8 Å². The number of nitrogens with one attached hydrogen (secondary N) is 1. The third-order valence-electron chi connectivity index (χ3n) is 5.86. The van der Waals surface area contributed by atoms with Gasteiger partial charge in [0.2, 0.25) is 5.91 Å². The summed E-state index contributed by atoms with van der Waals surface area (Å²) in [6, 6.07) is 18.6. The summed E-state index contributed by atoms with van der Waals surface area (Å²) >= 11 is 6.08. The number of piperidine rings is 1. The smallest absolute Gasteiger partial charge is 0.255 e. The van der Waals surface area contributed by atoms with Crippen molar-refractivity contribution in [3.63, 3.8) is 0 Å². The number of amides is 2. The molecule has 3 aromatic carbocycles. The van der Waals surface area contributed by atoms with Crippen molar-refractivity contribution in [2.75, 3.05) is 17.6 Å². The van der Waals surface area contributed by atoms with E-state index >= 15 is 0 Å². The molecule has 1 heterocycles. The number of likely N-dealkylation sites (tertiary alicyclic amines) is 1. The van der Waals surface area contributed by atoms with E-state index in [2.05, 4.69) is 5.32 Å². The first-order valence-electron chi connectivity index (χ1n) is 10.9. The van der Waals surface area contributed by atoms with Crippen LogP contribution in [0.3, 0.4) is 0 Å². The van der Waals surface area contributed by atoms with Crippen LogP contribution in [0.1, 0.15) is 34.3 Å². The Labute approximate surface area is 197 Å². The molecular formula is C26H25ClFN3O2. The lowest BCUT2D eigenvalue weighted by Gasteiger charge is -2.32. The Hall–Kier alpha value is -3.38. The van der Waals surface area contributed by atoms with Crippen LogP contribution in [0.15, 0.2) is 66.7 Å². The summed E-state index contributed by atoms with van der Waals surface area (Å²) in [7, 11) is 0. The highest BCUT2D eigenvalue weighted by Gasteiger charge is 2.28. The van der Waals surface area contributed by atoms with E-state index in [-0.39, 0.29) is 23.4 Å². The molecule has 0 spiro atoms. The van der Waals surface area contributed by atoms with Crippen LogP contribution in [0.25, 0.3) is 0 Å². The predicted octanol–water partition coefficient (Wildman–Crippen LogP) is 5.29. The average Bonchev–Trinajstić information content (AvgIpc) is 2.79. The molecule has 3 aromatic rings. The van der Waals surface area contributed by atoms with Crippen LogP contribution in [0.5, 0.6) is 0 Å². The number of anilines is 2. The van der Waals surface area contributed by atoms with Crippen molar-refractivity contribution in [3.8, 4) is 0 Å². The van der Waals surface area contributed by atoms with Crippen LogP contribution in [0, 0.1) is 11.7 Å². The second-order valence-corrected chi connectivity index (χ2v) is 8.75. The van der Waals surface area contributed by atoms with Crippen molar-refractivity contribution >= 4 is 34.8 Å². The Morgan fingerprint density at radius 2 is 1.88 bits per heavy atom. The number of benzene rings is 3. The lowest BCUT2D eigenvalue weighted by molar-refractivity contribution is -0.139. The zero-order valence-electron chi connectivity index (χ0n) is 18.1. The lowest BCUT2D eigenvalue weighted by Crippen LogP contribution is -2.41. The normalized spacial score (nSPS) is 16.0. The van der Waals surface area contributed by atoms with Gasteiger partial charge in [-0.05, 0) is 72.9 Å². The summed E-state index contributed by atoms with van der Waals surface area (Å²) in [6.07, 6.45) is 2.51. The fraction of sp³-hybridized carbons (Fsp3) is 0.231. The lowest BCUT2D eigenvalue weighted by atomic mass is 9.90. The Balaban J connectivity index is 1.37. The minimum absolute atomic E-state index is 0.0524. The van der Waals surface area contributed by atoms with Gasteiger partial charge in [0.05, 0.1) is 11.4 Å². The fourth-order valence-electron chi connectivity index (χ4n) is 4.14. The number of carbonyl (C=O) groups is 2. The van der Waals surface area contributed by atoms with Gasteiger partial charge in [0.15, 0.2) is 0 Å². The van der Waals surface area contributed by atoms with E-state index in [1.54, 1.807) is 12.1 Å². The Morgan fingerprint density at radius 3 is 2.61 bits per heavy atom. The number of nitrogens with two attached hydrogens (primary N) is 1. The molecule has 2 amide bonds. The highest BCUT2D eigenvalue weighted by molar-refractivity contribution is 6.30. The van der Waals surface area contributed by atoms with E-state index in [1.807, 2.05) is 41.3 Å². The van der Waals surface area contributed by atoms with Crippen molar-refractivity contribution in [1.82, 2.24) is 4.90 Å². The molecule has 1 saturated heterocycles. The van der Waals surface area contributed by atoms with Gasteiger partial charge < -0.3 is 16.0 Å². The zero-order valence-corrected chi connectivity index (χ0v) is 18.8. The number of hydrogen-bond acceptors (Lipinski definition) is 3. The van der Waals surface area contributed by atoms with E-state index in [0.29, 0.717) is 29.2 Å². The monoisotopic (exact) mass is 465 g/mol. The van der Waals surface area contributed by atoms with Crippen LogP contribution >= 0.6 is 11.6 Å². The Morgan fingerprint density at radius 1 is 1.09 bits per heavy atom. The molecule has 1 unspecified atom stereocenters.